The van der Waals surface area contributed by atoms with E-state index in [0.717, 1.165) is 5.56 Å². The quantitative estimate of drug-likeness (QED) is 0.755. The van der Waals surface area contributed by atoms with Gasteiger partial charge in [-0.25, -0.2) is 0 Å². The first-order chi connectivity index (χ1) is 10.1. The zero-order chi connectivity index (χ0) is 15.2. The number of carbonyl (C=O) groups is 1. The summed E-state index contributed by atoms with van der Waals surface area (Å²) in [6, 6.07) is 7.07. The molecule has 0 aliphatic heterocycles. The summed E-state index contributed by atoms with van der Waals surface area (Å²) >= 11 is 1.52. The van der Waals surface area contributed by atoms with Crippen LogP contribution in [-0.4, -0.2) is 33.0 Å². The van der Waals surface area contributed by atoms with Crippen LogP contribution in [0.1, 0.15) is 17.9 Å². The summed E-state index contributed by atoms with van der Waals surface area (Å²) in [5.41, 5.74) is 7.51. The Morgan fingerprint density at radius 3 is 2.81 bits per heavy atom. The fourth-order valence-electron chi connectivity index (χ4n) is 1.63. The van der Waals surface area contributed by atoms with E-state index in [0.29, 0.717) is 29.6 Å². The average Bonchev–Trinajstić information content (AvgIpc) is 2.93. The Balaban J connectivity index is 1.83. The second-order valence-corrected chi connectivity index (χ2v) is 5.77. The van der Waals surface area contributed by atoms with E-state index in [2.05, 4.69) is 10.1 Å². The molecule has 1 atom stereocenters. The number of aryl methyl sites for hydroxylation is 1. The van der Waals surface area contributed by atoms with E-state index in [1.165, 1.54) is 17.3 Å². The first-order valence-corrected chi connectivity index (χ1v) is 7.67. The van der Waals surface area contributed by atoms with Crippen molar-refractivity contribution >= 4 is 17.7 Å². The number of hydrogen-bond acceptors (Lipinski definition) is 6. The standard InChI is InChI=1S/C14H17N3O3S/c1-9-2-4-10(5-3-9)13-16-12(20-17-13)8-21-7-6-11(15)14(18)19/h2-5,11H,6-8,15H2,1H3,(H,18,19). The maximum absolute atomic E-state index is 10.6. The van der Waals surface area contributed by atoms with Crippen molar-refractivity contribution in [2.75, 3.05) is 5.75 Å². The average molecular weight is 307 g/mol. The number of carboxylic acid groups (broad SMARTS) is 1. The largest absolute Gasteiger partial charge is 0.480 e. The first kappa shape index (κ1) is 15.5. The maximum atomic E-state index is 10.6. The Labute approximate surface area is 126 Å². The number of aliphatic carboxylic acids is 1. The molecule has 0 fully saturated rings. The van der Waals surface area contributed by atoms with Gasteiger partial charge in [-0.2, -0.15) is 16.7 Å². The van der Waals surface area contributed by atoms with Gasteiger partial charge in [-0.05, 0) is 19.1 Å². The molecule has 0 spiro atoms. The third kappa shape index (κ3) is 4.57. The van der Waals surface area contributed by atoms with Gasteiger partial charge in [0.1, 0.15) is 6.04 Å². The molecular formula is C14H17N3O3S. The van der Waals surface area contributed by atoms with Crippen LogP contribution in [0, 0.1) is 6.92 Å². The topological polar surface area (TPSA) is 102 Å². The highest BCUT2D eigenvalue weighted by Gasteiger charge is 2.12. The molecule has 0 amide bonds. The van der Waals surface area contributed by atoms with Crippen LogP contribution in [0.15, 0.2) is 28.8 Å². The highest BCUT2D eigenvalue weighted by Crippen LogP contribution is 2.19. The summed E-state index contributed by atoms with van der Waals surface area (Å²) in [4.78, 5) is 14.9. The fraction of sp³-hybridized carbons (Fsp3) is 0.357. The predicted octanol–water partition coefficient (Wildman–Crippen LogP) is 2.08. The number of nitrogens with two attached hydrogens (primary N) is 1. The van der Waals surface area contributed by atoms with Crippen LogP contribution in [0.4, 0.5) is 0 Å². The normalized spacial score (nSPS) is 12.3. The zero-order valence-corrected chi connectivity index (χ0v) is 12.5. The molecule has 1 heterocycles. The highest BCUT2D eigenvalue weighted by atomic mass is 32.2. The van der Waals surface area contributed by atoms with Gasteiger partial charge in [0, 0.05) is 5.56 Å². The van der Waals surface area contributed by atoms with E-state index >= 15 is 0 Å². The third-order valence-corrected chi connectivity index (χ3v) is 3.87. The second kappa shape index (κ2) is 7.24. The molecule has 1 aromatic carbocycles. The summed E-state index contributed by atoms with van der Waals surface area (Å²) in [6.07, 6.45) is 0.416. The van der Waals surface area contributed by atoms with Crippen molar-refractivity contribution in [3.63, 3.8) is 0 Å². The number of rotatable bonds is 7. The summed E-state index contributed by atoms with van der Waals surface area (Å²) in [6.45, 7) is 2.02. The van der Waals surface area contributed by atoms with E-state index < -0.39 is 12.0 Å². The van der Waals surface area contributed by atoms with E-state index in [4.69, 9.17) is 15.4 Å². The third-order valence-electron chi connectivity index (χ3n) is 2.89. The van der Waals surface area contributed by atoms with Crippen LogP contribution in [0.2, 0.25) is 0 Å². The molecule has 2 aromatic rings. The minimum atomic E-state index is -0.977. The Bertz CT molecular complexity index is 598. The molecule has 0 aliphatic carbocycles. The van der Waals surface area contributed by atoms with Gasteiger partial charge in [0.05, 0.1) is 5.75 Å². The van der Waals surface area contributed by atoms with Crippen LogP contribution in [-0.2, 0) is 10.5 Å². The number of hydrogen-bond donors (Lipinski definition) is 2. The molecule has 21 heavy (non-hydrogen) atoms. The molecule has 2 rings (SSSR count). The van der Waals surface area contributed by atoms with Crippen molar-refractivity contribution in [1.82, 2.24) is 10.1 Å². The molecule has 3 N–H and O–H groups in total. The number of thioether (sulfide) groups is 1. The zero-order valence-electron chi connectivity index (χ0n) is 11.7. The minimum Gasteiger partial charge on any atom is -0.480 e. The van der Waals surface area contributed by atoms with E-state index in [9.17, 15) is 4.79 Å². The lowest BCUT2D eigenvalue weighted by Crippen LogP contribution is -2.30. The lowest BCUT2D eigenvalue weighted by Gasteiger charge is -2.03. The Morgan fingerprint density at radius 2 is 2.14 bits per heavy atom. The lowest BCUT2D eigenvalue weighted by molar-refractivity contribution is -0.138. The molecule has 0 saturated carbocycles. The van der Waals surface area contributed by atoms with Crippen LogP contribution < -0.4 is 5.73 Å². The van der Waals surface area contributed by atoms with Crippen molar-refractivity contribution in [3.05, 3.63) is 35.7 Å². The van der Waals surface area contributed by atoms with Crippen molar-refractivity contribution in [2.45, 2.75) is 25.1 Å². The maximum Gasteiger partial charge on any atom is 0.320 e. The van der Waals surface area contributed by atoms with E-state index in [1.54, 1.807) is 0 Å². The van der Waals surface area contributed by atoms with Crippen LogP contribution in [0.25, 0.3) is 11.4 Å². The molecule has 6 nitrogen and oxygen atoms in total. The first-order valence-electron chi connectivity index (χ1n) is 6.52. The molecule has 0 bridgehead atoms. The van der Waals surface area contributed by atoms with Gasteiger partial charge in [-0.3, -0.25) is 4.79 Å². The van der Waals surface area contributed by atoms with Gasteiger partial charge < -0.3 is 15.4 Å². The van der Waals surface area contributed by atoms with Crippen LogP contribution >= 0.6 is 11.8 Å². The Hall–Kier alpha value is -1.86. The number of aromatic nitrogens is 2. The number of benzene rings is 1. The molecular weight excluding hydrogens is 290 g/mol. The van der Waals surface area contributed by atoms with E-state index in [1.807, 2.05) is 31.2 Å². The molecule has 1 aromatic heterocycles. The van der Waals surface area contributed by atoms with Crippen molar-refractivity contribution in [2.24, 2.45) is 5.73 Å². The smallest absolute Gasteiger partial charge is 0.320 e. The molecule has 1 unspecified atom stereocenters. The van der Waals surface area contributed by atoms with Gasteiger partial charge in [0.2, 0.25) is 11.7 Å². The Morgan fingerprint density at radius 1 is 1.43 bits per heavy atom. The van der Waals surface area contributed by atoms with Crippen LogP contribution in [0.5, 0.6) is 0 Å². The summed E-state index contributed by atoms with van der Waals surface area (Å²) in [5.74, 6) is 1.29. The van der Waals surface area contributed by atoms with Gasteiger partial charge in [0.25, 0.3) is 0 Å². The molecule has 0 radical (unpaired) electrons. The fourth-order valence-corrected chi connectivity index (χ4v) is 2.48. The van der Waals surface area contributed by atoms with Crippen molar-refractivity contribution < 1.29 is 14.4 Å². The van der Waals surface area contributed by atoms with Gasteiger partial charge in [0.15, 0.2) is 0 Å². The second-order valence-electron chi connectivity index (χ2n) is 4.66. The number of carboxylic acids is 1. The van der Waals surface area contributed by atoms with Crippen molar-refractivity contribution in [3.8, 4) is 11.4 Å². The summed E-state index contributed by atoms with van der Waals surface area (Å²) < 4.78 is 5.17. The van der Waals surface area contributed by atoms with Crippen molar-refractivity contribution in [1.29, 1.82) is 0 Å². The Kier molecular flexibility index (Phi) is 5.35. The molecule has 112 valence electrons. The monoisotopic (exact) mass is 307 g/mol. The SMILES string of the molecule is Cc1ccc(-c2noc(CSCCC(N)C(=O)O)n2)cc1. The molecule has 0 saturated heterocycles. The number of nitrogens with zero attached hydrogens (tertiary/aromatic N) is 2. The highest BCUT2D eigenvalue weighted by molar-refractivity contribution is 7.98. The van der Waals surface area contributed by atoms with Gasteiger partial charge >= 0.3 is 5.97 Å². The van der Waals surface area contributed by atoms with Crippen LogP contribution in [0.3, 0.4) is 0 Å². The predicted molar refractivity (Wildman–Crippen MR) is 80.9 cm³/mol. The lowest BCUT2D eigenvalue weighted by atomic mass is 10.1. The van der Waals surface area contributed by atoms with E-state index in [-0.39, 0.29) is 0 Å². The molecule has 7 heteroatoms. The summed E-state index contributed by atoms with van der Waals surface area (Å²) in [5, 5.41) is 12.6. The van der Waals surface area contributed by atoms with Gasteiger partial charge in [-0.15, -0.1) is 0 Å². The summed E-state index contributed by atoms with van der Waals surface area (Å²) in [7, 11) is 0. The van der Waals surface area contributed by atoms with Gasteiger partial charge in [-0.1, -0.05) is 35.0 Å². The minimum absolute atomic E-state index is 0.416. The molecule has 0 aliphatic rings.